The molecule has 0 unspecified atom stereocenters. The molecule has 1 spiro atoms. The number of hydrogen-bond acceptors (Lipinski definition) is 7. The third-order valence-corrected chi connectivity index (χ3v) is 7.45. The third kappa shape index (κ3) is 4.34. The minimum Gasteiger partial charge on any atom is -0.384 e. The largest absolute Gasteiger partial charge is 0.384 e. The molecule has 3 aromatic heterocycles. The smallest absolute Gasteiger partial charge is 0.229 e. The Labute approximate surface area is 219 Å². The number of aromatic nitrogens is 4. The van der Waals surface area contributed by atoms with Gasteiger partial charge < -0.3 is 20.2 Å². The van der Waals surface area contributed by atoms with Gasteiger partial charge in [0.25, 0.3) is 0 Å². The molecule has 1 aliphatic carbocycles. The summed E-state index contributed by atoms with van der Waals surface area (Å²) in [6.45, 7) is 7.36. The first kappa shape index (κ1) is 24.3. The van der Waals surface area contributed by atoms with Crippen molar-refractivity contribution >= 4 is 34.3 Å². The molecule has 2 N–H and O–H groups in total. The number of carbonyl (C=O) groups excluding carboxylic acids is 1. The van der Waals surface area contributed by atoms with Crippen LogP contribution in [0.1, 0.15) is 39.3 Å². The summed E-state index contributed by atoms with van der Waals surface area (Å²) in [4.78, 5) is 29.8. The Morgan fingerprint density at radius 2 is 1.87 bits per heavy atom. The quantitative estimate of drug-likeness (QED) is 0.412. The highest BCUT2D eigenvalue weighted by atomic mass is 19.1. The van der Waals surface area contributed by atoms with Crippen molar-refractivity contribution in [2.75, 3.05) is 29.9 Å². The first-order valence-electron chi connectivity index (χ1n) is 12.8. The zero-order valence-corrected chi connectivity index (χ0v) is 21.6. The molecule has 1 aliphatic heterocycles. The minimum atomic E-state index is -1.13. The molecule has 1 saturated carbocycles. The lowest BCUT2D eigenvalue weighted by molar-refractivity contribution is -0.132. The van der Waals surface area contributed by atoms with E-state index in [-0.39, 0.29) is 16.8 Å². The summed E-state index contributed by atoms with van der Waals surface area (Å²) in [6.07, 6.45) is 4.89. The molecule has 0 bridgehead atoms. The second kappa shape index (κ2) is 8.76. The average molecular weight is 516 g/mol. The fourth-order valence-corrected chi connectivity index (χ4v) is 5.25. The van der Waals surface area contributed by atoms with Gasteiger partial charge in [0.05, 0.1) is 16.6 Å². The molecule has 4 heterocycles. The van der Waals surface area contributed by atoms with Gasteiger partial charge in [0.1, 0.15) is 11.4 Å². The number of hydrogen-bond donors (Lipinski definition) is 2. The van der Waals surface area contributed by atoms with Crippen LogP contribution < -0.4 is 10.2 Å². The number of carbonyl (C=O) groups is 1. The topological polar surface area (TPSA) is 99.4 Å². The molecule has 9 nitrogen and oxygen atoms in total. The molecule has 0 atom stereocenters. The van der Waals surface area contributed by atoms with Crippen LogP contribution in [0.15, 0.2) is 54.9 Å². The highest BCUT2D eigenvalue weighted by molar-refractivity contribution is 5.79. The van der Waals surface area contributed by atoms with E-state index in [1.54, 1.807) is 43.5 Å². The second-order valence-electron chi connectivity index (χ2n) is 10.7. The van der Waals surface area contributed by atoms with Crippen LogP contribution in [-0.2, 0) is 10.4 Å². The molecular weight excluding hydrogens is 485 g/mol. The molecule has 10 heteroatoms. The van der Waals surface area contributed by atoms with Gasteiger partial charge in [-0.05, 0) is 63.1 Å². The van der Waals surface area contributed by atoms with E-state index in [9.17, 15) is 14.3 Å². The summed E-state index contributed by atoms with van der Waals surface area (Å²) in [6, 6.07) is 13.3. The standard InChI is InChI=1S/C28H30FN7O2/c1-18(37)36-14-13-34(17-28(36)11-12-28)20-9-7-19(8-10-20)31-26-30-15-21-22(29)16-35(25(21)33-26)24-6-4-5-23(32-24)27(2,3)38/h4-10,15-16,38H,11-14,17H2,1-3H3,(H,30,31,33). The Kier molecular flexibility index (Phi) is 5.60. The van der Waals surface area contributed by atoms with Gasteiger partial charge in [0.2, 0.25) is 11.9 Å². The van der Waals surface area contributed by atoms with Gasteiger partial charge >= 0.3 is 0 Å². The highest BCUT2D eigenvalue weighted by Crippen LogP contribution is 2.45. The molecule has 2 fully saturated rings. The van der Waals surface area contributed by atoms with E-state index in [0.717, 1.165) is 43.9 Å². The van der Waals surface area contributed by atoms with Crippen molar-refractivity contribution in [1.29, 1.82) is 0 Å². The van der Waals surface area contributed by atoms with Crippen LogP contribution in [0.2, 0.25) is 0 Å². The zero-order valence-electron chi connectivity index (χ0n) is 21.6. The normalized spacial score (nSPS) is 16.8. The first-order valence-corrected chi connectivity index (χ1v) is 12.8. The van der Waals surface area contributed by atoms with Gasteiger partial charge in [-0.15, -0.1) is 0 Å². The fourth-order valence-electron chi connectivity index (χ4n) is 5.25. The van der Waals surface area contributed by atoms with Crippen LogP contribution in [0.4, 0.5) is 21.7 Å². The second-order valence-corrected chi connectivity index (χ2v) is 10.7. The molecule has 2 aliphatic rings. The summed E-state index contributed by atoms with van der Waals surface area (Å²) >= 11 is 0. The van der Waals surface area contributed by atoms with Crippen LogP contribution in [0.3, 0.4) is 0 Å². The lowest BCUT2D eigenvalue weighted by atomic mass is 10.1. The van der Waals surface area contributed by atoms with Crippen LogP contribution >= 0.6 is 0 Å². The van der Waals surface area contributed by atoms with Crippen molar-refractivity contribution in [2.24, 2.45) is 0 Å². The van der Waals surface area contributed by atoms with Crippen LogP contribution in [0.25, 0.3) is 16.9 Å². The molecule has 1 amide bonds. The SMILES string of the molecule is CC(=O)N1CCN(c2ccc(Nc3ncc4c(F)cn(-c5cccc(C(C)(C)O)n5)c4n3)cc2)CC12CC2. The molecule has 1 aromatic carbocycles. The number of benzene rings is 1. The zero-order chi connectivity index (χ0) is 26.7. The van der Waals surface area contributed by atoms with E-state index >= 15 is 0 Å². The third-order valence-electron chi connectivity index (χ3n) is 7.45. The van der Waals surface area contributed by atoms with E-state index in [2.05, 4.69) is 37.3 Å². The van der Waals surface area contributed by atoms with E-state index in [1.807, 2.05) is 17.0 Å². The van der Waals surface area contributed by atoms with E-state index in [4.69, 9.17) is 0 Å². The summed E-state index contributed by atoms with van der Waals surface area (Å²) in [5.74, 6) is 0.483. The summed E-state index contributed by atoms with van der Waals surface area (Å²) in [7, 11) is 0. The maximum absolute atomic E-state index is 14.7. The van der Waals surface area contributed by atoms with Crippen LogP contribution in [0, 0.1) is 5.82 Å². The molecule has 6 rings (SSSR count). The molecule has 0 radical (unpaired) electrons. The molecule has 4 aromatic rings. The summed E-state index contributed by atoms with van der Waals surface area (Å²) < 4.78 is 16.3. The maximum atomic E-state index is 14.7. The van der Waals surface area contributed by atoms with E-state index in [1.165, 1.54) is 12.4 Å². The molecule has 1 saturated heterocycles. The Hall–Kier alpha value is -4.05. The van der Waals surface area contributed by atoms with Crippen LogP contribution in [0.5, 0.6) is 0 Å². The van der Waals surface area contributed by atoms with Crippen molar-refractivity contribution in [2.45, 2.75) is 44.8 Å². The van der Waals surface area contributed by atoms with Crippen molar-refractivity contribution in [1.82, 2.24) is 24.4 Å². The summed E-state index contributed by atoms with van der Waals surface area (Å²) in [5, 5.41) is 13.8. The fraction of sp³-hybridized carbons (Fsp3) is 0.357. The number of anilines is 3. The highest BCUT2D eigenvalue weighted by Gasteiger charge is 2.52. The maximum Gasteiger partial charge on any atom is 0.229 e. The van der Waals surface area contributed by atoms with Crippen molar-refractivity contribution in [3.05, 3.63) is 66.4 Å². The molecule has 38 heavy (non-hydrogen) atoms. The lowest BCUT2D eigenvalue weighted by Crippen LogP contribution is -2.56. The number of nitrogens with zero attached hydrogens (tertiary/aromatic N) is 6. The first-order chi connectivity index (χ1) is 18.1. The number of fused-ring (bicyclic) bond motifs is 1. The Morgan fingerprint density at radius 1 is 1.11 bits per heavy atom. The monoisotopic (exact) mass is 515 g/mol. The van der Waals surface area contributed by atoms with Gasteiger partial charge in [-0.1, -0.05) is 6.07 Å². The number of halogens is 1. The van der Waals surface area contributed by atoms with Gasteiger partial charge in [-0.3, -0.25) is 9.36 Å². The average Bonchev–Trinajstić information content (AvgIpc) is 3.57. The predicted octanol–water partition coefficient (Wildman–Crippen LogP) is 4.13. The Bertz CT molecular complexity index is 1520. The lowest BCUT2D eigenvalue weighted by Gasteiger charge is -2.43. The minimum absolute atomic E-state index is 0.00422. The molecular formula is C28H30FN7O2. The van der Waals surface area contributed by atoms with Crippen molar-refractivity contribution in [3.63, 3.8) is 0 Å². The van der Waals surface area contributed by atoms with Crippen molar-refractivity contribution < 1.29 is 14.3 Å². The van der Waals surface area contributed by atoms with Gasteiger partial charge in [-0.2, -0.15) is 4.98 Å². The number of amides is 1. The van der Waals surface area contributed by atoms with Gasteiger partial charge in [-0.25, -0.2) is 14.4 Å². The number of piperazine rings is 1. The Balaban J connectivity index is 1.23. The van der Waals surface area contributed by atoms with E-state index in [0.29, 0.717) is 23.1 Å². The predicted molar refractivity (Wildman–Crippen MR) is 143 cm³/mol. The number of pyridine rings is 1. The van der Waals surface area contributed by atoms with E-state index < -0.39 is 11.4 Å². The Morgan fingerprint density at radius 3 is 2.55 bits per heavy atom. The summed E-state index contributed by atoms with van der Waals surface area (Å²) in [5.41, 5.74) is 1.61. The number of rotatable bonds is 5. The number of nitrogens with one attached hydrogen (secondary N) is 1. The van der Waals surface area contributed by atoms with Gasteiger partial charge in [0.15, 0.2) is 11.5 Å². The van der Waals surface area contributed by atoms with Crippen LogP contribution in [-0.4, -0.2) is 60.6 Å². The van der Waals surface area contributed by atoms with Gasteiger partial charge in [0, 0.05) is 50.3 Å². The number of aliphatic hydroxyl groups is 1. The molecule has 196 valence electrons. The van der Waals surface area contributed by atoms with Crippen molar-refractivity contribution in [3.8, 4) is 5.82 Å².